The van der Waals surface area contributed by atoms with Crippen molar-refractivity contribution in [2.75, 3.05) is 13.2 Å². The predicted molar refractivity (Wildman–Crippen MR) is 105 cm³/mol. The van der Waals surface area contributed by atoms with E-state index in [1.807, 2.05) is 44.2 Å². The van der Waals surface area contributed by atoms with E-state index in [-0.39, 0.29) is 17.1 Å². The summed E-state index contributed by atoms with van der Waals surface area (Å²) in [5.74, 6) is -1.38. The van der Waals surface area contributed by atoms with E-state index in [9.17, 15) is 14.4 Å². The molecular formula is C22H21NO5. The first-order chi connectivity index (χ1) is 13.4. The molecule has 1 aromatic heterocycles. The van der Waals surface area contributed by atoms with E-state index < -0.39 is 18.5 Å². The van der Waals surface area contributed by atoms with Gasteiger partial charge in [0, 0.05) is 12.6 Å². The van der Waals surface area contributed by atoms with Gasteiger partial charge in [0.2, 0.25) is 5.76 Å². The summed E-state index contributed by atoms with van der Waals surface area (Å²) in [6, 6.07) is 16.0. The van der Waals surface area contributed by atoms with Crippen LogP contribution in [0.1, 0.15) is 34.5 Å². The molecule has 6 nitrogen and oxygen atoms in total. The zero-order valence-corrected chi connectivity index (χ0v) is 15.7. The highest BCUT2D eigenvalue weighted by molar-refractivity contribution is 5.90. The minimum absolute atomic E-state index is 0.128. The van der Waals surface area contributed by atoms with Crippen molar-refractivity contribution in [2.45, 2.75) is 19.8 Å². The first-order valence-electron chi connectivity index (χ1n) is 8.97. The fourth-order valence-corrected chi connectivity index (χ4v) is 2.79. The SMILES string of the molecule is Cc1ccc2oc(C(=O)OCC(=O)NC[C@@H](C)c3ccccc3)cc(=O)c2c1. The van der Waals surface area contributed by atoms with Gasteiger partial charge >= 0.3 is 5.97 Å². The molecule has 3 rings (SSSR count). The van der Waals surface area contributed by atoms with Gasteiger partial charge in [0.15, 0.2) is 12.0 Å². The molecule has 28 heavy (non-hydrogen) atoms. The van der Waals surface area contributed by atoms with E-state index in [0.29, 0.717) is 17.5 Å². The average molecular weight is 379 g/mol. The fraction of sp³-hybridized carbons (Fsp3) is 0.227. The minimum Gasteiger partial charge on any atom is -0.450 e. The number of amides is 1. The summed E-state index contributed by atoms with van der Waals surface area (Å²) in [4.78, 5) is 36.2. The summed E-state index contributed by atoms with van der Waals surface area (Å²) in [5, 5.41) is 3.12. The Bertz CT molecular complexity index is 1060. The quantitative estimate of drug-likeness (QED) is 0.665. The highest BCUT2D eigenvalue weighted by Crippen LogP contribution is 2.15. The molecule has 0 aliphatic rings. The van der Waals surface area contributed by atoms with E-state index in [1.165, 1.54) is 0 Å². The number of esters is 1. The monoisotopic (exact) mass is 379 g/mol. The maximum atomic E-state index is 12.2. The van der Waals surface area contributed by atoms with Crippen molar-refractivity contribution in [2.24, 2.45) is 0 Å². The lowest BCUT2D eigenvalue weighted by molar-refractivity contribution is -0.124. The van der Waals surface area contributed by atoms with Crippen LogP contribution in [0, 0.1) is 6.92 Å². The van der Waals surface area contributed by atoms with Gasteiger partial charge < -0.3 is 14.5 Å². The Morgan fingerprint density at radius 2 is 1.86 bits per heavy atom. The largest absolute Gasteiger partial charge is 0.450 e. The van der Waals surface area contributed by atoms with Crippen molar-refractivity contribution in [1.82, 2.24) is 5.32 Å². The summed E-state index contributed by atoms with van der Waals surface area (Å²) < 4.78 is 10.4. The molecule has 1 amide bonds. The summed E-state index contributed by atoms with van der Waals surface area (Å²) in [6.45, 7) is 3.83. The van der Waals surface area contributed by atoms with Gasteiger partial charge in [-0.15, -0.1) is 0 Å². The topological polar surface area (TPSA) is 85.6 Å². The first-order valence-corrected chi connectivity index (χ1v) is 8.97. The number of carbonyl (C=O) groups is 2. The molecule has 2 aromatic carbocycles. The minimum atomic E-state index is -0.856. The molecule has 0 saturated carbocycles. The molecule has 0 aliphatic heterocycles. The Labute approximate surface area is 162 Å². The van der Waals surface area contributed by atoms with Crippen LogP contribution in [0.5, 0.6) is 0 Å². The zero-order chi connectivity index (χ0) is 20.1. The van der Waals surface area contributed by atoms with Gasteiger partial charge in [-0.3, -0.25) is 9.59 Å². The molecule has 0 spiro atoms. The summed E-state index contributed by atoms with van der Waals surface area (Å²) in [5.41, 5.74) is 1.98. The third kappa shape index (κ3) is 4.65. The molecule has 0 radical (unpaired) electrons. The second-order valence-corrected chi connectivity index (χ2v) is 6.67. The van der Waals surface area contributed by atoms with Crippen molar-refractivity contribution in [1.29, 1.82) is 0 Å². The molecular weight excluding hydrogens is 358 g/mol. The molecule has 6 heteroatoms. The maximum Gasteiger partial charge on any atom is 0.374 e. The molecule has 3 aromatic rings. The Hall–Kier alpha value is -3.41. The number of ether oxygens (including phenoxy) is 1. The Kier molecular flexibility index (Phi) is 5.89. The van der Waals surface area contributed by atoms with Crippen LogP contribution in [-0.2, 0) is 9.53 Å². The van der Waals surface area contributed by atoms with Gasteiger partial charge in [0.1, 0.15) is 5.58 Å². The van der Waals surface area contributed by atoms with Gasteiger partial charge in [-0.1, -0.05) is 48.9 Å². The van der Waals surface area contributed by atoms with Crippen LogP contribution in [0.3, 0.4) is 0 Å². The van der Waals surface area contributed by atoms with Crippen LogP contribution in [0.2, 0.25) is 0 Å². The lowest BCUT2D eigenvalue weighted by atomic mass is 10.0. The van der Waals surface area contributed by atoms with Crippen LogP contribution >= 0.6 is 0 Å². The Morgan fingerprint density at radius 3 is 2.61 bits per heavy atom. The molecule has 0 fully saturated rings. The lowest BCUT2D eigenvalue weighted by Gasteiger charge is -2.13. The summed E-state index contributed by atoms with van der Waals surface area (Å²) in [6.07, 6.45) is 0. The van der Waals surface area contributed by atoms with Gasteiger partial charge in [-0.2, -0.15) is 0 Å². The van der Waals surface area contributed by atoms with Crippen molar-refractivity contribution in [3.05, 3.63) is 81.7 Å². The smallest absolute Gasteiger partial charge is 0.374 e. The molecule has 1 heterocycles. The molecule has 0 bridgehead atoms. The highest BCUT2D eigenvalue weighted by Gasteiger charge is 2.16. The highest BCUT2D eigenvalue weighted by atomic mass is 16.5. The number of nitrogens with one attached hydrogen (secondary N) is 1. The second-order valence-electron chi connectivity index (χ2n) is 6.67. The number of carbonyl (C=O) groups excluding carboxylic acids is 2. The van der Waals surface area contributed by atoms with Crippen molar-refractivity contribution < 1.29 is 18.7 Å². The van der Waals surface area contributed by atoms with E-state index in [1.54, 1.807) is 18.2 Å². The van der Waals surface area contributed by atoms with E-state index >= 15 is 0 Å². The van der Waals surface area contributed by atoms with Crippen LogP contribution in [0.4, 0.5) is 0 Å². The molecule has 0 aliphatic carbocycles. The lowest BCUT2D eigenvalue weighted by Crippen LogP contribution is -2.31. The standard InChI is InChI=1S/C22H21NO5/c1-14-8-9-19-17(10-14)18(24)11-20(28-19)22(26)27-13-21(25)23-12-15(2)16-6-4-3-5-7-16/h3-11,15H,12-13H2,1-2H3,(H,23,25)/t15-/m1/s1. The van der Waals surface area contributed by atoms with Gasteiger partial charge in [0.25, 0.3) is 5.91 Å². The van der Waals surface area contributed by atoms with Crippen LogP contribution in [-0.4, -0.2) is 25.0 Å². The van der Waals surface area contributed by atoms with E-state index in [0.717, 1.165) is 17.2 Å². The molecule has 0 saturated heterocycles. The van der Waals surface area contributed by atoms with Crippen LogP contribution in [0.25, 0.3) is 11.0 Å². The first kappa shape index (κ1) is 19.4. The third-order valence-corrected chi connectivity index (χ3v) is 4.39. The number of rotatable bonds is 6. The molecule has 0 unspecified atom stereocenters. The van der Waals surface area contributed by atoms with Gasteiger partial charge in [-0.05, 0) is 30.5 Å². The van der Waals surface area contributed by atoms with Gasteiger partial charge in [-0.25, -0.2) is 4.79 Å². The normalized spacial score (nSPS) is 11.8. The summed E-state index contributed by atoms with van der Waals surface area (Å²) in [7, 11) is 0. The number of fused-ring (bicyclic) bond motifs is 1. The van der Waals surface area contributed by atoms with Crippen molar-refractivity contribution >= 4 is 22.8 Å². The molecule has 1 N–H and O–H groups in total. The summed E-state index contributed by atoms with van der Waals surface area (Å²) >= 11 is 0. The van der Waals surface area contributed by atoms with E-state index in [4.69, 9.17) is 9.15 Å². The Balaban J connectivity index is 1.56. The van der Waals surface area contributed by atoms with Crippen molar-refractivity contribution in [3.8, 4) is 0 Å². The second kappa shape index (κ2) is 8.52. The van der Waals surface area contributed by atoms with Gasteiger partial charge in [0.05, 0.1) is 5.39 Å². The van der Waals surface area contributed by atoms with Crippen LogP contribution < -0.4 is 10.7 Å². The third-order valence-electron chi connectivity index (χ3n) is 4.39. The number of hydrogen-bond acceptors (Lipinski definition) is 5. The number of aryl methyl sites for hydroxylation is 1. The number of hydrogen-bond donors (Lipinski definition) is 1. The fourth-order valence-electron chi connectivity index (χ4n) is 2.79. The van der Waals surface area contributed by atoms with Crippen molar-refractivity contribution in [3.63, 3.8) is 0 Å². The average Bonchev–Trinajstić information content (AvgIpc) is 2.71. The Morgan fingerprint density at radius 1 is 1.11 bits per heavy atom. The maximum absolute atomic E-state index is 12.2. The predicted octanol–water partition coefficient (Wildman–Crippen LogP) is 3.18. The molecule has 144 valence electrons. The molecule has 1 atom stereocenters. The van der Waals surface area contributed by atoms with Crippen LogP contribution in [0.15, 0.2) is 63.8 Å². The van der Waals surface area contributed by atoms with E-state index in [2.05, 4.69) is 5.32 Å². The number of benzene rings is 2. The zero-order valence-electron chi connectivity index (χ0n) is 15.7.